The van der Waals surface area contributed by atoms with Gasteiger partial charge in [0.05, 0.1) is 10.6 Å². The Morgan fingerprint density at radius 1 is 1.19 bits per heavy atom. The van der Waals surface area contributed by atoms with E-state index in [1.165, 1.54) is 10.4 Å². The number of nitrogens with one attached hydrogen (secondary N) is 1. The van der Waals surface area contributed by atoms with Gasteiger partial charge in [-0.2, -0.15) is 4.31 Å². The number of unbranched alkanes of at least 4 members (excludes halogenated alkanes) is 2. The van der Waals surface area contributed by atoms with Crippen molar-refractivity contribution in [1.82, 2.24) is 19.8 Å². The average Bonchev–Trinajstić information content (AvgIpc) is 3.22. The molecule has 0 saturated heterocycles. The maximum atomic E-state index is 12.7. The number of thioether (sulfide) groups is 1. The minimum absolute atomic E-state index is 0.0824. The Hall–Kier alpha value is -1.91. The van der Waals surface area contributed by atoms with Crippen molar-refractivity contribution in [2.75, 3.05) is 18.8 Å². The molecule has 0 radical (unpaired) electrons. The van der Waals surface area contributed by atoms with Gasteiger partial charge in [-0.25, -0.2) is 8.42 Å². The Kier molecular flexibility index (Phi) is 9.98. The number of sulfonamides is 1. The normalized spacial score (nSPS) is 12.8. The van der Waals surface area contributed by atoms with Crippen LogP contribution >= 0.6 is 11.8 Å². The summed E-state index contributed by atoms with van der Waals surface area (Å²) in [6.45, 7) is 8.54. The molecule has 0 aliphatic carbocycles. The van der Waals surface area contributed by atoms with E-state index in [1.807, 2.05) is 6.92 Å². The molecule has 2 rings (SSSR count). The molecule has 2 aromatic rings. The highest BCUT2D eigenvalue weighted by Crippen LogP contribution is 2.26. The van der Waals surface area contributed by atoms with Crippen molar-refractivity contribution in [3.8, 4) is 11.5 Å². The number of benzene rings is 1. The van der Waals surface area contributed by atoms with E-state index in [-0.39, 0.29) is 33.7 Å². The molecule has 0 spiro atoms. The molecule has 0 aliphatic rings. The summed E-state index contributed by atoms with van der Waals surface area (Å²) in [4.78, 5) is 12.3. The van der Waals surface area contributed by atoms with Crippen LogP contribution in [-0.2, 0) is 14.8 Å². The lowest BCUT2D eigenvalue weighted by atomic mass is 10.1. The van der Waals surface area contributed by atoms with Crippen molar-refractivity contribution in [1.29, 1.82) is 0 Å². The molecule has 1 aromatic heterocycles. The zero-order chi connectivity index (χ0) is 22.9. The van der Waals surface area contributed by atoms with E-state index >= 15 is 0 Å². The summed E-state index contributed by atoms with van der Waals surface area (Å²) in [6.07, 6.45) is 4.38. The van der Waals surface area contributed by atoms with Gasteiger partial charge in [0.15, 0.2) is 0 Å². The lowest BCUT2D eigenvalue weighted by molar-refractivity contribution is -0.119. The van der Waals surface area contributed by atoms with Crippen LogP contribution in [0, 0.1) is 0 Å². The van der Waals surface area contributed by atoms with Crippen LogP contribution in [0.5, 0.6) is 0 Å². The molecule has 1 atom stereocenters. The molecule has 0 aliphatic heterocycles. The van der Waals surface area contributed by atoms with Crippen molar-refractivity contribution >= 4 is 27.7 Å². The summed E-state index contributed by atoms with van der Waals surface area (Å²) in [5.74, 6) is 0.310. The molecule has 31 heavy (non-hydrogen) atoms. The molecular formula is C21H32N4O4S2. The van der Waals surface area contributed by atoms with Crippen molar-refractivity contribution < 1.29 is 17.6 Å². The van der Waals surface area contributed by atoms with E-state index in [9.17, 15) is 13.2 Å². The third-order valence-corrected chi connectivity index (χ3v) is 7.67. The van der Waals surface area contributed by atoms with Crippen molar-refractivity contribution in [2.45, 2.75) is 69.5 Å². The summed E-state index contributed by atoms with van der Waals surface area (Å²) in [7, 11) is -3.58. The van der Waals surface area contributed by atoms with E-state index < -0.39 is 10.0 Å². The lowest BCUT2D eigenvalue weighted by Gasteiger charge is -2.18. The second-order valence-electron chi connectivity index (χ2n) is 7.24. The first kappa shape index (κ1) is 25.4. The standard InChI is InChI=1S/C21H32N4O4S2/c1-5-8-9-11-16(4)22-19(26)15-30-21-24-23-20(29-21)17-12-10-13-18(14-17)31(27,28)25(6-2)7-3/h10,12-14,16H,5-9,11,15H2,1-4H3,(H,22,26). The average molecular weight is 469 g/mol. The summed E-state index contributed by atoms with van der Waals surface area (Å²) >= 11 is 1.16. The molecule has 1 amide bonds. The van der Waals surface area contributed by atoms with Crippen LogP contribution in [0.25, 0.3) is 11.5 Å². The molecule has 1 N–H and O–H groups in total. The summed E-state index contributed by atoms with van der Waals surface area (Å²) in [5.41, 5.74) is 0.515. The molecular weight excluding hydrogens is 436 g/mol. The maximum Gasteiger partial charge on any atom is 0.277 e. The van der Waals surface area contributed by atoms with Gasteiger partial charge in [-0.3, -0.25) is 4.79 Å². The molecule has 1 aromatic carbocycles. The second kappa shape index (κ2) is 12.2. The predicted molar refractivity (Wildman–Crippen MR) is 122 cm³/mol. The number of hydrogen-bond acceptors (Lipinski definition) is 7. The molecule has 8 nitrogen and oxygen atoms in total. The molecule has 0 saturated carbocycles. The quantitative estimate of drug-likeness (QED) is 0.350. The van der Waals surface area contributed by atoms with Gasteiger partial charge in [-0.1, -0.05) is 57.9 Å². The van der Waals surface area contributed by atoms with Crippen LogP contribution < -0.4 is 5.32 Å². The topological polar surface area (TPSA) is 105 Å². The van der Waals surface area contributed by atoms with Gasteiger partial charge in [0.1, 0.15) is 0 Å². The molecule has 1 unspecified atom stereocenters. The van der Waals surface area contributed by atoms with Gasteiger partial charge >= 0.3 is 0 Å². The molecule has 172 valence electrons. The fourth-order valence-electron chi connectivity index (χ4n) is 3.10. The predicted octanol–water partition coefficient (Wildman–Crippen LogP) is 3.94. The van der Waals surface area contributed by atoms with Crippen LogP contribution in [0.2, 0.25) is 0 Å². The molecule has 0 fully saturated rings. The Balaban J connectivity index is 1.99. The molecule has 1 heterocycles. The number of aromatic nitrogens is 2. The van der Waals surface area contributed by atoms with E-state index in [0.29, 0.717) is 18.7 Å². The molecule has 10 heteroatoms. The third-order valence-electron chi connectivity index (χ3n) is 4.81. The second-order valence-corrected chi connectivity index (χ2v) is 10.1. The van der Waals surface area contributed by atoms with Gasteiger partial charge in [0, 0.05) is 24.7 Å². The number of carbonyl (C=O) groups excluding carboxylic acids is 1. The summed E-state index contributed by atoms with van der Waals surface area (Å²) < 4.78 is 32.5. The number of carbonyl (C=O) groups is 1. The van der Waals surface area contributed by atoms with Crippen LogP contribution in [0.1, 0.15) is 53.4 Å². The first-order valence-electron chi connectivity index (χ1n) is 10.7. The van der Waals surface area contributed by atoms with E-state index in [0.717, 1.165) is 37.4 Å². The van der Waals surface area contributed by atoms with E-state index in [4.69, 9.17) is 4.42 Å². The van der Waals surface area contributed by atoms with Gasteiger partial charge in [0.2, 0.25) is 21.8 Å². The van der Waals surface area contributed by atoms with Gasteiger partial charge < -0.3 is 9.73 Å². The Morgan fingerprint density at radius 2 is 1.94 bits per heavy atom. The Morgan fingerprint density at radius 3 is 2.61 bits per heavy atom. The monoisotopic (exact) mass is 468 g/mol. The fourth-order valence-corrected chi connectivity index (χ4v) is 5.18. The first-order chi connectivity index (χ1) is 14.8. The van der Waals surface area contributed by atoms with E-state index in [1.54, 1.807) is 32.0 Å². The third kappa shape index (κ3) is 7.33. The van der Waals surface area contributed by atoms with Crippen LogP contribution in [-0.4, -0.2) is 53.7 Å². The highest BCUT2D eigenvalue weighted by Gasteiger charge is 2.22. The SMILES string of the molecule is CCCCCC(C)NC(=O)CSc1nnc(-c2cccc(S(=O)(=O)N(CC)CC)c2)o1. The largest absolute Gasteiger partial charge is 0.411 e. The Bertz CT molecular complexity index is 942. The number of hydrogen-bond donors (Lipinski definition) is 1. The number of nitrogens with zero attached hydrogens (tertiary/aromatic N) is 3. The fraction of sp³-hybridized carbons (Fsp3) is 0.571. The summed E-state index contributed by atoms with van der Waals surface area (Å²) in [6, 6.07) is 6.58. The number of amides is 1. The van der Waals surface area contributed by atoms with Crippen LogP contribution in [0.3, 0.4) is 0 Å². The lowest BCUT2D eigenvalue weighted by Crippen LogP contribution is -2.33. The zero-order valence-corrected chi connectivity index (χ0v) is 20.3. The van der Waals surface area contributed by atoms with Gasteiger partial charge in [0.25, 0.3) is 5.22 Å². The highest BCUT2D eigenvalue weighted by molar-refractivity contribution is 7.99. The van der Waals surface area contributed by atoms with Crippen molar-refractivity contribution in [3.05, 3.63) is 24.3 Å². The Labute approximate surface area is 189 Å². The van der Waals surface area contributed by atoms with Gasteiger partial charge in [-0.05, 0) is 31.5 Å². The highest BCUT2D eigenvalue weighted by atomic mass is 32.2. The van der Waals surface area contributed by atoms with E-state index in [2.05, 4.69) is 22.4 Å². The minimum atomic E-state index is -3.58. The first-order valence-corrected chi connectivity index (χ1v) is 13.1. The summed E-state index contributed by atoms with van der Waals surface area (Å²) in [5, 5.41) is 11.2. The minimum Gasteiger partial charge on any atom is -0.411 e. The van der Waals surface area contributed by atoms with Crippen molar-refractivity contribution in [3.63, 3.8) is 0 Å². The number of rotatable bonds is 13. The van der Waals surface area contributed by atoms with Gasteiger partial charge in [-0.15, -0.1) is 10.2 Å². The smallest absolute Gasteiger partial charge is 0.277 e. The zero-order valence-electron chi connectivity index (χ0n) is 18.6. The maximum absolute atomic E-state index is 12.7. The van der Waals surface area contributed by atoms with Crippen LogP contribution in [0.15, 0.2) is 38.8 Å². The van der Waals surface area contributed by atoms with Crippen LogP contribution in [0.4, 0.5) is 0 Å². The van der Waals surface area contributed by atoms with Crippen molar-refractivity contribution in [2.24, 2.45) is 0 Å². The molecule has 0 bridgehead atoms.